The molecule has 2 aliphatic rings. The van der Waals surface area contributed by atoms with E-state index in [1.165, 1.54) is 11.1 Å². The van der Waals surface area contributed by atoms with E-state index in [0.717, 1.165) is 24.8 Å². The highest BCUT2D eigenvalue weighted by atomic mass is 16.6. The summed E-state index contributed by atoms with van der Waals surface area (Å²) in [6, 6.07) is 9.81. The molecule has 1 saturated carbocycles. The molecule has 1 aliphatic heterocycles. The summed E-state index contributed by atoms with van der Waals surface area (Å²) in [5, 5.41) is 2.99. The molecule has 0 bridgehead atoms. The smallest absolute Gasteiger partial charge is 0.429 e. The van der Waals surface area contributed by atoms with Crippen LogP contribution in [0.4, 0.5) is 4.79 Å². The molecule has 1 saturated heterocycles. The Morgan fingerprint density at radius 1 is 1.18 bits per heavy atom. The van der Waals surface area contributed by atoms with Crippen molar-refractivity contribution in [3.05, 3.63) is 48.6 Å². The Kier molecular flexibility index (Phi) is 3.88. The van der Waals surface area contributed by atoms with Gasteiger partial charge in [-0.05, 0) is 24.8 Å². The molecule has 0 aromatic heterocycles. The van der Waals surface area contributed by atoms with Crippen molar-refractivity contribution in [2.24, 2.45) is 0 Å². The molecule has 1 aromatic rings. The molecule has 2 fully saturated rings. The number of rotatable bonds is 4. The Hall–Kier alpha value is -2.30. The first-order valence-corrected chi connectivity index (χ1v) is 7.62. The molecule has 0 spiro atoms. The molecule has 5 nitrogen and oxygen atoms in total. The number of nitrogens with zero attached hydrogens (tertiary/aromatic N) is 2. The van der Waals surface area contributed by atoms with Gasteiger partial charge < -0.3 is 4.74 Å². The third-order valence-electron chi connectivity index (χ3n) is 4.29. The summed E-state index contributed by atoms with van der Waals surface area (Å²) in [7, 11) is 0. The zero-order valence-electron chi connectivity index (χ0n) is 12.5. The Bertz CT molecular complexity index is 581. The molecule has 0 N–H and O–H groups in total. The first-order valence-electron chi connectivity index (χ1n) is 7.62. The summed E-state index contributed by atoms with van der Waals surface area (Å²) >= 11 is 0. The molecule has 1 aromatic carbocycles. The van der Waals surface area contributed by atoms with Gasteiger partial charge in [-0.25, -0.2) is 14.8 Å². The van der Waals surface area contributed by atoms with Gasteiger partial charge >= 0.3 is 6.09 Å². The standard InChI is InChI=1S/C17H20N2O3/c1-2-13-22-16(21)19-12-6-11-18(19)15(20)17(9-10-17)14-7-4-3-5-8-14/h2-5,7-8H,1,6,9-13H2. The van der Waals surface area contributed by atoms with Crippen LogP contribution >= 0.6 is 0 Å². The maximum atomic E-state index is 13.0. The molecule has 22 heavy (non-hydrogen) atoms. The van der Waals surface area contributed by atoms with Gasteiger partial charge in [0.2, 0.25) is 0 Å². The van der Waals surface area contributed by atoms with Crippen LogP contribution in [0.1, 0.15) is 24.8 Å². The second kappa shape index (κ2) is 5.83. The summed E-state index contributed by atoms with van der Waals surface area (Å²) in [6.45, 7) is 4.77. The lowest BCUT2D eigenvalue weighted by molar-refractivity contribution is -0.144. The summed E-state index contributed by atoms with van der Waals surface area (Å²) in [6.07, 6.45) is 3.49. The van der Waals surface area contributed by atoms with Crippen LogP contribution in [0, 0.1) is 0 Å². The second-order valence-corrected chi connectivity index (χ2v) is 5.72. The lowest BCUT2D eigenvalue weighted by Crippen LogP contribution is -2.49. The molecule has 1 aliphatic carbocycles. The lowest BCUT2D eigenvalue weighted by Gasteiger charge is -2.30. The maximum absolute atomic E-state index is 13.0. The number of ether oxygens (including phenoxy) is 1. The van der Waals surface area contributed by atoms with Gasteiger partial charge in [-0.15, -0.1) is 0 Å². The zero-order chi connectivity index (χ0) is 15.6. The summed E-state index contributed by atoms with van der Waals surface area (Å²) < 4.78 is 5.07. The van der Waals surface area contributed by atoms with E-state index in [1.807, 2.05) is 30.3 Å². The number of hydrogen-bond donors (Lipinski definition) is 0. The number of carbonyl (C=O) groups excluding carboxylic acids is 2. The van der Waals surface area contributed by atoms with Gasteiger partial charge in [-0.2, -0.15) is 0 Å². The quantitative estimate of drug-likeness (QED) is 0.803. The van der Waals surface area contributed by atoms with E-state index in [9.17, 15) is 9.59 Å². The normalized spacial score (nSPS) is 18.9. The molecule has 0 unspecified atom stereocenters. The SMILES string of the molecule is C=CCOC(=O)N1CCCN1C(=O)C1(c2ccccc2)CC1. The number of carbonyl (C=O) groups is 2. The molecule has 0 atom stereocenters. The van der Waals surface area contributed by atoms with Gasteiger partial charge in [0.05, 0.1) is 5.41 Å². The van der Waals surface area contributed by atoms with Gasteiger partial charge in [0.15, 0.2) is 0 Å². The first-order chi connectivity index (χ1) is 10.7. The average Bonchev–Trinajstić information content (AvgIpc) is 3.23. The van der Waals surface area contributed by atoms with Crippen molar-refractivity contribution in [2.75, 3.05) is 19.7 Å². The molecule has 5 heteroatoms. The van der Waals surface area contributed by atoms with Crippen LogP contribution < -0.4 is 0 Å². The molecule has 116 valence electrons. The van der Waals surface area contributed by atoms with Crippen LogP contribution in [0.15, 0.2) is 43.0 Å². The molecular formula is C17H20N2O3. The van der Waals surface area contributed by atoms with Crippen LogP contribution in [0.2, 0.25) is 0 Å². The fraction of sp³-hybridized carbons (Fsp3) is 0.412. The minimum absolute atomic E-state index is 0.00625. The number of hydrogen-bond acceptors (Lipinski definition) is 3. The number of amides is 2. The minimum atomic E-state index is -0.477. The van der Waals surface area contributed by atoms with Crippen LogP contribution in [0.3, 0.4) is 0 Å². The van der Waals surface area contributed by atoms with Crippen molar-refractivity contribution in [1.82, 2.24) is 10.0 Å². The zero-order valence-corrected chi connectivity index (χ0v) is 12.5. The third-order valence-corrected chi connectivity index (χ3v) is 4.29. The predicted octanol–water partition coefficient (Wildman–Crippen LogP) is 2.49. The van der Waals surface area contributed by atoms with Gasteiger partial charge in [0, 0.05) is 13.1 Å². The fourth-order valence-electron chi connectivity index (χ4n) is 2.97. The van der Waals surface area contributed by atoms with Gasteiger partial charge in [-0.3, -0.25) is 4.79 Å². The Morgan fingerprint density at radius 2 is 1.86 bits per heavy atom. The average molecular weight is 300 g/mol. The number of benzene rings is 1. The lowest BCUT2D eigenvalue weighted by atomic mass is 9.95. The summed E-state index contributed by atoms with van der Waals surface area (Å²) in [4.78, 5) is 25.0. The van der Waals surface area contributed by atoms with Crippen LogP contribution in [-0.2, 0) is 14.9 Å². The topological polar surface area (TPSA) is 49.9 Å². The Labute approximate surface area is 130 Å². The molecule has 2 amide bonds. The summed E-state index contributed by atoms with van der Waals surface area (Å²) in [5.41, 5.74) is 0.578. The maximum Gasteiger partial charge on any atom is 0.429 e. The van der Waals surface area contributed by atoms with Crippen molar-refractivity contribution in [3.63, 3.8) is 0 Å². The molecule has 3 rings (SSSR count). The van der Waals surface area contributed by atoms with Gasteiger partial charge in [0.1, 0.15) is 6.61 Å². The van der Waals surface area contributed by atoms with Crippen LogP contribution in [0.25, 0.3) is 0 Å². The molecule has 1 heterocycles. The van der Waals surface area contributed by atoms with E-state index in [2.05, 4.69) is 6.58 Å². The van der Waals surface area contributed by atoms with E-state index >= 15 is 0 Å². The third kappa shape index (κ3) is 2.47. The molecular weight excluding hydrogens is 280 g/mol. The van der Waals surface area contributed by atoms with E-state index in [0.29, 0.717) is 13.1 Å². The minimum Gasteiger partial charge on any atom is -0.444 e. The number of hydrazine groups is 1. The monoisotopic (exact) mass is 300 g/mol. The predicted molar refractivity (Wildman–Crippen MR) is 81.9 cm³/mol. The highest BCUT2D eigenvalue weighted by Gasteiger charge is 2.55. The van der Waals surface area contributed by atoms with Gasteiger partial charge in [0.25, 0.3) is 5.91 Å². The Morgan fingerprint density at radius 3 is 2.50 bits per heavy atom. The van der Waals surface area contributed by atoms with E-state index in [-0.39, 0.29) is 12.5 Å². The van der Waals surface area contributed by atoms with Crippen molar-refractivity contribution in [3.8, 4) is 0 Å². The highest BCUT2D eigenvalue weighted by molar-refractivity contribution is 5.92. The van der Waals surface area contributed by atoms with E-state index in [4.69, 9.17) is 4.74 Å². The van der Waals surface area contributed by atoms with Crippen molar-refractivity contribution >= 4 is 12.0 Å². The highest BCUT2D eigenvalue weighted by Crippen LogP contribution is 2.50. The van der Waals surface area contributed by atoms with Gasteiger partial charge in [-0.1, -0.05) is 43.0 Å². The van der Waals surface area contributed by atoms with Crippen LogP contribution in [0.5, 0.6) is 0 Å². The van der Waals surface area contributed by atoms with Crippen molar-refractivity contribution in [2.45, 2.75) is 24.7 Å². The van der Waals surface area contributed by atoms with Crippen molar-refractivity contribution < 1.29 is 14.3 Å². The Balaban J connectivity index is 1.77. The second-order valence-electron chi connectivity index (χ2n) is 5.72. The van der Waals surface area contributed by atoms with E-state index in [1.54, 1.807) is 5.01 Å². The fourth-order valence-corrected chi connectivity index (χ4v) is 2.97. The molecule has 0 radical (unpaired) electrons. The van der Waals surface area contributed by atoms with Crippen molar-refractivity contribution in [1.29, 1.82) is 0 Å². The first kappa shape index (κ1) is 14.6. The van der Waals surface area contributed by atoms with Crippen LogP contribution in [-0.4, -0.2) is 41.7 Å². The summed E-state index contributed by atoms with van der Waals surface area (Å²) in [5.74, 6) is 0.00625. The largest absolute Gasteiger partial charge is 0.444 e. The van der Waals surface area contributed by atoms with E-state index < -0.39 is 11.5 Å².